The van der Waals surface area contributed by atoms with Crippen molar-refractivity contribution in [1.29, 1.82) is 0 Å². The molecule has 0 N–H and O–H groups in total. The Morgan fingerprint density at radius 2 is 1.64 bits per heavy atom. The molecule has 3 aromatic carbocycles. The van der Waals surface area contributed by atoms with Crippen LogP contribution < -0.4 is 19.1 Å². The molecule has 1 fully saturated rings. The first kappa shape index (κ1) is 23.3. The molecule has 0 saturated carbocycles. The Hall–Kier alpha value is -2.89. The van der Waals surface area contributed by atoms with E-state index in [4.69, 9.17) is 14.2 Å². The third-order valence-electron chi connectivity index (χ3n) is 6.42. The van der Waals surface area contributed by atoms with Crippen molar-refractivity contribution in [3.05, 3.63) is 78.4 Å². The van der Waals surface area contributed by atoms with Crippen LogP contribution >= 0.6 is 12.4 Å². The van der Waals surface area contributed by atoms with Gasteiger partial charge in [-0.15, -0.1) is 12.4 Å². The molecule has 0 radical (unpaired) electrons. The quantitative estimate of drug-likeness (QED) is 0.446. The van der Waals surface area contributed by atoms with Crippen molar-refractivity contribution in [3.8, 4) is 17.2 Å². The number of hydrogen-bond acceptors (Lipinski definition) is 5. The summed E-state index contributed by atoms with van der Waals surface area (Å²) in [5.41, 5.74) is 3.63. The zero-order valence-electron chi connectivity index (χ0n) is 19.0. The van der Waals surface area contributed by atoms with E-state index >= 15 is 0 Å². The molecular weight excluding hydrogens is 436 g/mol. The van der Waals surface area contributed by atoms with Crippen LogP contribution in [0.5, 0.6) is 17.2 Å². The van der Waals surface area contributed by atoms with Gasteiger partial charge in [-0.05, 0) is 61.9 Å². The molecule has 1 saturated heterocycles. The average molecular weight is 467 g/mol. The molecule has 2 aliphatic rings. The Morgan fingerprint density at radius 1 is 0.909 bits per heavy atom. The number of rotatable bonds is 7. The highest BCUT2D eigenvalue weighted by atomic mass is 35.5. The van der Waals surface area contributed by atoms with Crippen molar-refractivity contribution in [2.75, 3.05) is 38.3 Å². The van der Waals surface area contributed by atoms with Gasteiger partial charge in [-0.1, -0.05) is 30.3 Å². The number of anilines is 2. The first-order chi connectivity index (χ1) is 15.8. The smallest absolute Gasteiger partial charge is 0.143 e. The third kappa shape index (κ3) is 5.21. The lowest BCUT2D eigenvalue weighted by Gasteiger charge is -2.32. The van der Waals surface area contributed by atoms with Crippen LogP contribution in [0.2, 0.25) is 0 Å². The molecule has 2 heterocycles. The van der Waals surface area contributed by atoms with Gasteiger partial charge in [-0.25, -0.2) is 0 Å². The fraction of sp³-hybridized carbons (Fsp3) is 0.333. The van der Waals surface area contributed by atoms with Crippen LogP contribution in [-0.2, 0) is 6.61 Å². The number of halogens is 1. The van der Waals surface area contributed by atoms with Crippen LogP contribution in [-0.4, -0.2) is 44.3 Å². The zero-order valence-corrected chi connectivity index (χ0v) is 19.8. The van der Waals surface area contributed by atoms with E-state index < -0.39 is 0 Å². The Labute approximate surface area is 202 Å². The van der Waals surface area contributed by atoms with E-state index in [9.17, 15) is 0 Å². The SMILES string of the molecule is COc1ccc(OCCN2CCCC2CN2c3ccccc3COc3ccccc32)cc1.Cl. The summed E-state index contributed by atoms with van der Waals surface area (Å²) in [5.74, 6) is 2.68. The number of methoxy groups -OCH3 is 1. The van der Waals surface area contributed by atoms with E-state index in [1.807, 2.05) is 30.3 Å². The maximum Gasteiger partial charge on any atom is 0.143 e. The minimum Gasteiger partial charge on any atom is -0.497 e. The van der Waals surface area contributed by atoms with Gasteiger partial charge in [-0.2, -0.15) is 0 Å². The van der Waals surface area contributed by atoms with Gasteiger partial charge in [0.2, 0.25) is 0 Å². The normalized spacial score (nSPS) is 17.2. The first-order valence-corrected chi connectivity index (χ1v) is 11.4. The molecule has 6 heteroatoms. The summed E-state index contributed by atoms with van der Waals surface area (Å²) in [6, 6.07) is 25.3. The summed E-state index contributed by atoms with van der Waals surface area (Å²) in [6.45, 7) is 4.27. The van der Waals surface area contributed by atoms with Crippen LogP contribution in [0.4, 0.5) is 11.4 Å². The fourth-order valence-electron chi connectivity index (χ4n) is 4.74. The molecule has 5 nitrogen and oxygen atoms in total. The lowest BCUT2D eigenvalue weighted by molar-refractivity contribution is 0.199. The molecule has 0 aliphatic carbocycles. The highest BCUT2D eigenvalue weighted by Gasteiger charge is 2.29. The number of ether oxygens (including phenoxy) is 3. The second-order valence-electron chi connectivity index (χ2n) is 8.35. The van der Waals surface area contributed by atoms with E-state index in [-0.39, 0.29) is 12.4 Å². The lowest BCUT2D eigenvalue weighted by Crippen LogP contribution is -2.40. The van der Waals surface area contributed by atoms with Crippen LogP contribution in [0.1, 0.15) is 18.4 Å². The highest BCUT2D eigenvalue weighted by Crippen LogP contribution is 2.40. The molecule has 33 heavy (non-hydrogen) atoms. The zero-order chi connectivity index (χ0) is 21.8. The molecule has 0 spiro atoms. The number of nitrogens with zero attached hydrogens (tertiary/aromatic N) is 2. The number of fused-ring (bicyclic) bond motifs is 2. The standard InChI is InChI=1S/C27H30N2O3.ClH/c1-30-23-12-14-24(15-13-23)31-18-17-28-16-6-8-22(28)19-29-25-9-3-2-7-21(25)20-32-27-11-5-4-10-26(27)29;/h2-5,7,9-15,22H,6,8,16-20H2,1H3;1H. The highest BCUT2D eigenvalue weighted by molar-refractivity contribution is 5.85. The predicted octanol–water partition coefficient (Wildman–Crippen LogP) is 5.69. The molecule has 1 atom stereocenters. The molecule has 0 amide bonds. The summed E-state index contributed by atoms with van der Waals surface area (Å²) >= 11 is 0. The van der Waals surface area contributed by atoms with Crippen molar-refractivity contribution in [3.63, 3.8) is 0 Å². The summed E-state index contributed by atoms with van der Waals surface area (Å²) in [4.78, 5) is 5.02. The first-order valence-electron chi connectivity index (χ1n) is 11.4. The number of benzene rings is 3. The molecule has 5 rings (SSSR count). The monoisotopic (exact) mass is 466 g/mol. The average Bonchev–Trinajstić information content (AvgIpc) is 3.22. The molecule has 174 valence electrons. The summed E-state index contributed by atoms with van der Waals surface area (Å²) < 4.78 is 17.4. The van der Waals surface area contributed by atoms with E-state index in [1.165, 1.54) is 24.1 Å². The van der Waals surface area contributed by atoms with Crippen molar-refractivity contribution in [2.24, 2.45) is 0 Å². The molecular formula is C27H31ClN2O3. The van der Waals surface area contributed by atoms with Crippen LogP contribution in [0.3, 0.4) is 0 Å². The Kier molecular flexibility index (Phi) is 7.63. The molecule has 0 bridgehead atoms. The van der Waals surface area contributed by atoms with Crippen molar-refractivity contribution < 1.29 is 14.2 Å². The van der Waals surface area contributed by atoms with Gasteiger partial charge in [0.15, 0.2) is 0 Å². The van der Waals surface area contributed by atoms with Gasteiger partial charge in [0.1, 0.15) is 30.5 Å². The third-order valence-corrected chi connectivity index (χ3v) is 6.42. The Bertz CT molecular complexity index is 996. The summed E-state index contributed by atoms with van der Waals surface area (Å²) in [5, 5.41) is 0. The molecule has 3 aromatic rings. The Balaban J connectivity index is 0.00000259. The van der Waals surface area contributed by atoms with Gasteiger partial charge in [0, 0.05) is 30.4 Å². The number of hydrogen-bond donors (Lipinski definition) is 0. The maximum absolute atomic E-state index is 6.14. The molecule has 2 aliphatic heterocycles. The largest absolute Gasteiger partial charge is 0.497 e. The van der Waals surface area contributed by atoms with Gasteiger partial charge in [-0.3, -0.25) is 4.90 Å². The minimum absolute atomic E-state index is 0. The fourth-order valence-corrected chi connectivity index (χ4v) is 4.74. The van der Waals surface area contributed by atoms with E-state index in [2.05, 4.69) is 52.3 Å². The lowest BCUT2D eigenvalue weighted by atomic mass is 10.1. The van der Waals surface area contributed by atoms with Gasteiger partial charge < -0.3 is 19.1 Å². The van der Waals surface area contributed by atoms with Crippen LogP contribution in [0.15, 0.2) is 72.8 Å². The minimum atomic E-state index is 0. The molecule has 1 unspecified atom stereocenters. The summed E-state index contributed by atoms with van der Waals surface area (Å²) in [6.07, 6.45) is 2.42. The number of likely N-dealkylation sites (tertiary alicyclic amines) is 1. The Morgan fingerprint density at radius 3 is 2.45 bits per heavy atom. The van der Waals surface area contributed by atoms with E-state index in [0.29, 0.717) is 19.3 Å². The topological polar surface area (TPSA) is 34.2 Å². The van der Waals surface area contributed by atoms with Crippen LogP contribution in [0, 0.1) is 0 Å². The second kappa shape index (κ2) is 10.8. The van der Waals surface area contributed by atoms with Gasteiger partial charge >= 0.3 is 0 Å². The van der Waals surface area contributed by atoms with Gasteiger partial charge in [0.25, 0.3) is 0 Å². The molecule has 0 aromatic heterocycles. The van der Waals surface area contributed by atoms with Crippen molar-refractivity contribution >= 4 is 23.8 Å². The summed E-state index contributed by atoms with van der Waals surface area (Å²) in [7, 11) is 1.68. The second-order valence-corrected chi connectivity index (χ2v) is 8.35. The van der Waals surface area contributed by atoms with E-state index in [0.717, 1.165) is 42.6 Å². The van der Waals surface area contributed by atoms with Crippen molar-refractivity contribution in [1.82, 2.24) is 4.90 Å². The number of para-hydroxylation sites is 3. The van der Waals surface area contributed by atoms with E-state index in [1.54, 1.807) is 7.11 Å². The van der Waals surface area contributed by atoms with Crippen molar-refractivity contribution in [2.45, 2.75) is 25.5 Å². The predicted molar refractivity (Wildman–Crippen MR) is 135 cm³/mol. The van der Waals surface area contributed by atoms with Crippen LogP contribution in [0.25, 0.3) is 0 Å². The maximum atomic E-state index is 6.14. The van der Waals surface area contributed by atoms with Gasteiger partial charge in [0.05, 0.1) is 12.8 Å².